The first-order valence-electron chi connectivity index (χ1n) is 6.66. The lowest BCUT2D eigenvalue weighted by molar-refractivity contribution is -0.274. The molecule has 2 unspecified atom stereocenters. The minimum Gasteiger partial charge on any atom is -0.406 e. The predicted molar refractivity (Wildman–Crippen MR) is 71.4 cm³/mol. The Bertz CT molecular complexity index is 737. The number of benzene rings is 1. The molecule has 2 aliphatic rings. The predicted octanol–water partition coefficient (Wildman–Crippen LogP) is 3.46. The monoisotopic (exact) mass is 336 g/mol. The molecule has 0 spiro atoms. The van der Waals surface area contributed by atoms with Crippen molar-refractivity contribution >= 4 is 15.4 Å². The van der Waals surface area contributed by atoms with Crippen LogP contribution in [0.25, 0.3) is 5.57 Å². The maximum Gasteiger partial charge on any atom is 0.573 e. The second kappa shape index (κ2) is 4.97. The molecule has 22 heavy (non-hydrogen) atoms. The van der Waals surface area contributed by atoms with Gasteiger partial charge in [-0.05, 0) is 43.0 Å². The molecule has 0 saturated carbocycles. The Hall–Kier alpha value is -1.57. The van der Waals surface area contributed by atoms with Gasteiger partial charge in [-0.2, -0.15) is 0 Å². The Labute approximate surface area is 124 Å². The van der Waals surface area contributed by atoms with Gasteiger partial charge in [0.2, 0.25) is 0 Å². The Morgan fingerprint density at radius 1 is 1.18 bits per heavy atom. The van der Waals surface area contributed by atoms with E-state index in [1.54, 1.807) is 0 Å². The molecule has 2 heterocycles. The van der Waals surface area contributed by atoms with Crippen molar-refractivity contribution in [1.29, 1.82) is 0 Å². The minimum atomic E-state index is -4.86. The molecule has 1 fully saturated rings. The zero-order valence-electron chi connectivity index (χ0n) is 11.2. The van der Waals surface area contributed by atoms with E-state index in [2.05, 4.69) is 4.74 Å². The summed E-state index contributed by atoms with van der Waals surface area (Å²) in [6.45, 7) is 0. The lowest BCUT2D eigenvalue weighted by Crippen LogP contribution is -2.26. The maximum atomic E-state index is 13.9. The molecular weight excluding hydrogens is 324 g/mol. The number of hydrogen-bond donors (Lipinski definition) is 0. The van der Waals surface area contributed by atoms with Gasteiger partial charge in [-0.15, -0.1) is 13.2 Å². The topological polar surface area (TPSA) is 43.4 Å². The summed E-state index contributed by atoms with van der Waals surface area (Å²) in [5.74, 6) is -1.22. The zero-order valence-corrected chi connectivity index (χ0v) is 12.0. The molecule has 2 atom stereocenters. The number of ether oxygens (including phenoxy) is 1. The molecule has 1 aromatic carbocycles. The van der Waals surface area contributed by atoms with E-state index in [4.69, 9.17) is 0 Å². The van der Waals surface area contributed by atoms with Gasteiger partial charge >= 0.3 is 6.36 Å². The van der Waals surface area contributed by atoms with Gasteiger partial charge in [-0.3, -0.25) is 0 Å². The quantitative estimate of drug-likeness (QED) is 0.777. The summed E-state index contributed by atoms with van der Waals surface area (Å²) >= 11 is 0. The maximum absolute atomic E-state index is 13.9. The highest BCUT2D eigenvalue weighted by atomic mass is 32.2. The molecule has 0 radical (unpaired) electrons. The average molecular weight is 336 g/mol. The number of rotatable bonds is 2. The molecule has 2 bridgehead atoms. The molecule has 0 aromatic heterocycles. The highest BCUT2D eigenvalue weighted by molar-refractivity contribution is 7.93. The van der Waals surface area contributed by atoms with Crippen LogP contribution in [0.5, 0.6) is 5.75 Å². The summed E-state index contributed by atoms with van der Waals surface area (Å²) < 4.78 is 78.4. The van der Waals surface area contributed by atoms with Crippen LogP contribution in [-0.4, -0.2) is 25.3 Å². The lowest BCUT2D eigenvalue weighted by Gasteiger charge is -2.21. The normalized spacial score (nSPS) is 26.6. The van der Waals surface area contributed by atoms with Crippen LogP contribution in [0.4, 0.5) is 17.6 Å². The molecule has 0 amide bonds. The number of hydrogen-bond acceptors (Lipinski definition) is 3. The van der Waals surface area contributed by atoms with Gasteiger partial charge in [-0.1, -0.05) is 6.08 Å². The highest BCUT2D eigenvalue weighted by Crippen LogP contribution is 2.42. The van der Waals surface area contributed by atoms with E-state index in [1.807, 2.05) is 0 Å². The molecule has 120 valence electrons. The first kappa shape index (κ1) is 15.3. The fourth-order valence-corrected chi connectivity index (χ4v) is 5.20. The summed E-state index contributed by atoms with van der Waals surface area (Å²) in [7, 11) is -3.23. The number of fused-ring (bicyclic) bond motifs is 2. The third-order valence-corrected chi connectivity index (χ3v) is 6.56. The average Bonchev–Trinajstić information content (AvgIpc) is 2.60. The van der Waals surface area contributed by atoms with Gasteiger partial charge in [0.25, 0.3) is 0 Å². The van der Waals surface area contributed by atoms with Crippen LogP contribution in [0.15, 0.2) is 24.3 Å². The van der Waals surface area contributed by atoms with Crippen molar-refractivity contribution in [3.05, 3.63) is 35.7 Å². The van der Waals surface area contributed by atoms with Crippen molar-refractivity contribution in [2.24, 2.45) is 0 Å². The number of sulfone groups is 1. The Balaban J connectivity index is 1.97. The molecule has 3 nitrogen and oxygen atoms in total. The van der Waals surface area contributed by atoms with Crippen LogP contribution in [0, 0.1) is 5.82 Å². The van der Waals surface area contributed by atoms with Crippen LogP contribution in [0.3, 0.4) is 0 Å². The van der Waals surface area contributed by atoms with Crippen LogP contribution < -0.4 is 4.74 Å². The van der Waals surface area contributed by atoms with Gasteiger partial charge in [0.1, 0.15) is 11.6 Å². The zero-order chi connectivity index (χ0) is 16.1. The van der Waals surface area contributed by atoms with Crippen molar-refractivity contribution in [2.75, 3.05) is 0 Å². The second-order valence-corrected chi connectivity index (χ2v) is 7.86. The third kappa shape index (κ3) is 2.71. The van der Waals surface area contributed by atoms with Crippen LogP contribution >= 0.6 is 0 Å². The van der Waals surface area contributed by atoms with E-state index in [0.717, 1.165) is 18.2 Å². The standard InChI is InChI=1S/C14H12F4O3S/c15-13-4-1-9(21-14(16,17)18)7-12(13)8-5-10-2-3-11(6-8)22(10,19)20/h1,4-5,7,10-11H,2-3,6H2. The number of halogens is 4. The van der Waals surface area contributed by atoms with E-state index >= 15 is 0 Å². The van der Waals surface area contributed by atoms with Crippen molar-refractivity contribution in [3.63, 3.8) is 0 Å². The Kier molecular flexibility index (Phi) is 3.47. The smallest absolute Gasteiger partial charge is 0.406 e. The summed E-state index contributed by atoms with van der Waals surface area (Å²) in [5, 5.41) is -1.25. The number of allylic oxidation sites excluding steroid dienone is 1. The van der Waals surface area contributed by atoms with Crippen molar-refractivity contribution < 1.29 is 30.7 Å². The molecule has 1 saturated heterocycles. The van der Waals surface area contributed by atoms with Gasteiger partial charge in [0.15, 0.2) is 9.84 Å². The summed E-state index contributed by atoms with van der Waals surface area (Å²) in [6, 6.07) is 2.75. The third-order valence-electron chi connectivity index (χ3n) is 4.01. The Morgan fingerprint density at radius 3 is 2.55 bits per heavy atom. The van der Waals surface area contributed by atoms with Gasteiger partial charge in [-0.25, -0.2) is 12.8 Å². The highest BCUT2D eigenvalue weighted by Gasteiger charge is 2.43. The molecular formula is C14H12F4O3S. The minimum absolute atomic E-state index is 0.0337. The fourth-order valence-electron chi connectivity index (χ4n) is 3.01. The van der Waals surface area contributed by atoms with Crippen LogP contribution in [0.1, 0.15) is 24.8 Å². The molecule has 3 rings (SSSR count). The van der Waals surface area contributed by atoms with E-state index in [1.165, 1.54) is 6.08 Å². The first-order valence-corrected chi connectivity index (χ1v) is 8.27. The van der Waals surface area contributed by atoms with Crippen molar-refractivity contribution in [3.8, 4) is 5.75 Å². The SMILES string of the molecule is O=S1(=O)C2C=C(c3cc(OC(F)(F)F)ccc3F)CC1CC2. The summed E-state index contributed by atoms with van der Waals surface area (Å²) in [5.41, 5.74) is 0.390. The van der Waals surface area contributed by atoms with E-state index in [-0.39, 0.29) is 12.0 Å². The van der Waals surface area contributed by atoms with E-state index < -0.39 is 38.3 Å². The van der Waals surface area contributed by atoms with Crippen LogP contribution in [-0.2, 0) is 9.84 Å². The Morgan fingerprint density at radius 2 is 1.91 bits per heavy atom. The van der Waals surface area contributed by atoms with Gasteiger partial charge in [0.05, 0.1) is 10.5 Å². The largest absolute Gasteiger partial charge is 0.573 e. The summed E-state index contributed by atoms with van der Waals surface area (Å²) in [6.07, 6.45) is -2.33. The molecule has 8 heteroatoms. The van der Waals surface area contributed by atoms with Gasteiger partial charge in [0, 0.05) is 5.56 Å². The first-order chi connectivity index (χ1) is 10.2. The molecule has 0 N–H and O–H groups in total. The van der Waals surface area contributed by atoms with Crippen molar-refractivity contribution in [2.45, 2.75) is 36.1 Å². The molecule has 0 aliphatic carbocycles. The number of alkyl halides is 3. The lowest BCUT2D eigenvalue weighted by atomic mass is 10.00. The molecule has 2 aliphatic heterocycles. The van der Waals surface area contributed by atoms with E-state index in [0.29, 0.717) is 18.4 Å². The second-order valence-electron chi connectivity index (χ2n) is 5.41. The summed E-state index contributed by atoms with van der Waals surface area (Å²) in [4.78, 5) is 0. The van der Waals surface area contributed by atoms with E-state index in [9.17, 15) is 26.0 Å². The van der Waals surface area contributed by atoms with Gasteiger partial charge < -0.3 is 4.74 Å². The fraction of sp³-hybridized carbons (Fsp3) is 0.429. The molecule has 1 aromatic rings. The van der Waals surface area contributed by atoms with Crippen LogP contribution in [0.2, 0.25) is 0 Å². The van der Waals surface area contributed by atoms with Crippen molar-refractivity contribution in [1.82, 2.24) is 0 Å².